The van der Waals surface area contributed by atoms with Crippen LogP contribution >= 0.6 is 0 Å². The van der Waals surface area contributed by atoms with Gasteiger partial charge in [-0.05, 0) is 25.5 Å². The Labute approximate surface area is 92.1 Å². The molecule has 2 rings (SSSR count). The fourth-order valence-electron chi connectivity index (χ4n) is 1.69. The summed E-state index contributed by atoms with van der Waals surface area (Å²) in [5.41, 5.74) is 0.294. The van der Waals surface area contributed by atoms with Crippen LogP contribution in [0.25, 0.3) is 10.8 Å². The van der Waals surface area contributed by atoms with Crippen LogP contribution in [0.4, 0.5) is 0 Å². The highest BCUT2D eigenvalue weighted by atomic mass is 16.5. The largest absolute Gasteiger partial charge is 0.507 e. The summed E-state index contributed by atoms with van der Waals surface area (Å²) >= 11 is 0. The number of phenolic OH excluding ortho intramolecular Hbond substituents is 1. The highest BCUT2D eigenvalue weighted by Gasteiger charge is 2.13. The molecule has 1 aromatic carbocycles. The summed E-state index contributed by atoms with van der Waals surface area (Å²) in [6.45, 7) is 3.55. The molecule has 4 nitrogen and oxygen atoms in total. The van der Waals surface area contributed by atoms with Crippen molar-refractivity contribution in [3.8, 4) is 11.5 Å². The number of aromatic hydroxyl groups is 1. The molecule has 0 atom stereocenters. The van der Waals surface area contributed by atoms with Crippen LogP contribution in [-0.2, 0) is 0 Å². The van der Waals surface area contributed by atoms with E-state index < -0.39 is 5.63 Å². The first-order valence-electron chi connectivity index (χ1n) is 4.85. The number of hydrogen-bond donors (Lipinski definition) is 1. The lowest BCUT2D eigenvalue weighted by Gasteiger charge is -2.07. The van der Waals surface area contributed by atoms with Crippen molar-refractivity contribution < 1.29 is 14.3 Å². The summed E-state index contributed by atoms with van der Waals surface area (Å²) in [6.07, 6.45) is 0. The van der Waals surface area contributed by atoms with Crippen molar-refractivity contribution >= 4 is 10.8 Å². The minimum absolute atomic E-state index is 0.119. The van der Waals surface area contributed by atoms with E-state index in [1.807, 2.05) is 6.92 Å². The zero-order valence-corrected chi connectivity index (χ0v) is 9.33. The van der Waals surface area contributed by atoms with Crippen molar-refractivity contribution in [2.75, 3.05) is 7.11 Å². The third-order valence-corrected chi connectivity index (χ3v) is 2.71. The van der Waals surface area contributed by atoms with Gasteiger partial charge in [-0.1, -0.05) is 0 Å². The molecule has 0 amide bonds. The molecule has 0 saturated heterocycles. The Hall–Kier alpha value is -1.97. The second kappa shape index (κ2) is 3.56. The van der Waals surface area contributed by atoms with E-state index >= 15 is 0 Å². The summed E-state index contributed by atoms with van der Waals surface area (Å²) in [6, 6.07) is 3.11. The summed E-state index contributed by atoms with van der Waals surface area (Å²) in [4.78, 5) is 11.6. The summed E-state index contributed by atoms with van der Waals surface area (Å²) < 4.78 is 10.1. The Balaban J connectivity index is 3.00. The van der Waals surface area contributed by atoms with E-state index in [1.54, 1.807) is 13.0 Å². The Morgan fingerprint density at radius 1 is 1.31 bits per heavy atom. The maximum atomic E-state index is 11.6. The van der Waals surface area contributed by atoms with E-state index in [-0.39, 0.29) is 11.1 Å². The molecular weight excluding hydrogens is 208 g/mol. The fourth-order valence-corrected chi connectivity index (χ4v) is 1.69. The van der Waals surface area contributed by atoms with Crippen LogP contribution in [0.2, 0.25) is 0 Å². The van der Waals surface area contributed by atoms with Gasteiger partial charge >= 0.3 is 5.63 Å². The molecule has 0 aliphatic rings. The van der Waals surface area contributed by atoms with Crippen LogP contribution in [-0.4, -0.2) is 12.2 Å². The molecule has 1 aromatic heterocycles. The second-order valence-electron chi connectivity index (χ2n) is 3.64. The first-order chi connectivity index (χ1) is 7.54. The van der Waals surface area contributed by atoms with Gasteiger partial charge in [0.25, 0.3) is 0 Å². The van der Waals surface area contributed by atoms with Crippen molar-refractivity contribution in [2.45, 2.75) is 13.8 Å². The zero-order chi connectivity index (χ0) is 11.9. The molecule has 1 N–H and O–H groups in total. The van der Waals surface area contributed by atoms with Gasteiger partial charge < -0.3 is 14.3 Å². The van der Waals surface area contributed by atoms with Gasteiger partial charge in [0.05, 0.1) is 7.11 Å². The van der Waals surface area contributed by atoms with Crippen molar-refractivity contribution in [1.82, 2.24) is 0 Å². The second-order valence-corrected chi connectivity index (χ2v) is 3.64. The first-order valence-corrected chi connectivity index (χ1v) is 4.85. The molecule has 0 aliphatic carbocycles. The standard InChI is InChI=1S/C12H12O4/c1-6-7(2)16-12(14)11-9(6)4-8(15-3)5-10(11)13/h4-5,13H,1-3H3. The molecule has 0 bridgehead atoms. The molecular formula is C12H12O4. The van der Waals surface area contributed by atoms with E-state index in [0.29, 0.717) is 16.9 Å². The van der Waals surface area contributed by atoms with Crippen LogP contribution < -0.4 is 10.4 Å². The normalized spacial score (nSPS) is 10.7. The average molecular weight is 220 g/mol. The van der Waals surface area contributed by atoms with Gasteiger partial charge in [0.15, 0.2) is 0 Å². The van der Waals surface area contributed by atoms with Crippen molar-refractivity contribution in [3.05, 3.63) is 33.9 Å². The van der Waals surface area contributed by atoms with Crippen LogP contribution in [0.15, 0.2) is 21.3 Å². The first kappa shape index (κ1) is 10.5. The van der Waals surface area contributed by atoms with Crippen LogP contribution in [0, 0.1) is 13.8 Å². The number of methoxy groups -OCH3 is 1. The molecule has 1 heterocycles. The van der Waals surface area contributed by atoms with Gasteiger partial charge in [-0.2, -0.15) is 0 Å². The molecule has 0 saturated carbocycles. The molecule has 16 heavy (non-hydrogen) atoms. The lowest BCUT2D eigenvalue weighted by atomic mass is 10.1. The lowest BCUT2D eigenvalue weighted by molar-refractivity contribution is 0.408. The molecule has 0 aliphatic heterocycles. The quantitative estimate of drug-likeness (QED) is 0.799. The minimum atomic E-state index is -0.529. The van der Waals surface area contributed by atoms with E-state index in [4.69, 9.17) is 9.15 Å². The SMILES string of the molecule is COc1cc(O)c2c(=O)oc(C)c(C)c2c1. The number of benzene rings is 1. The van der Waals surface area contributed by atoms with E-state index in [2.05, 4.69) is 0 Å². The summed E-state index contributed by atoms with van der Waals surface area (Å²) in [5.74, 6) is 0.939. The number of rotatable bonds is 1. The average Bonchev–Trinajstić information content (AvgIpc) is 2.24. The lowest BCUT2D eigenvalue weighted by Crippen LogP contribution is -2.03. The Morgan fingerprint density at radius 2 is 2.00 bits per heavy atom. The molecule has 2 aromatic rings. The fraction of sp³-hybridized carbons (Fsp3) is 0.250. The van der Waals surface area contributed by atoms with Crippen LogP contribution in [0.5, 0.6) is 11.5 Å². The van der Waals surface area contributed by atoms with Gasteiger partial charge in [0.1, 0.15) is 22.6 Å². The zero-order valence-electron chi connectivity index (χ0n) is 9.33. The van der Waals surface area contributed by atoms with Crippen LogP contribution in [0.1, 0.15) is 11.3 Å². The molecule has 0 fully saturated rings. The molecule has 0 unspecified atom stereocenters. The van der Waals surface area contributed by atoms with Gasteiger partial charge in [-0.15, -0.1) is 0 Å². The van der Waals surface area contributed by atoms with Gasteiger partial charge in [-0.25, -0.2) is 4.79 Å². The number of phenols is 1. The predicted octanol–water partition coefficient (Wildman–Crippen LogP) is 2.12. The molecule has 0 spiro atoms. The third-order valence-electron chi connectivity index (χ3n) is 2.71. The monoisotopic (exact) mass is 220 g/mol. The van der Waals surface area contributed by atoms with Gasteiger partial charge in [0.2, 0.25) is 0 Å². The van der Waals surface area contributed by atoms with Crippen molar-refractivity contribution in [3.63, 3.8) is 0 Å². The predicted molar refractivity (Wildman–Crippen MR) is 60.2 cm³/mol. The Morgan fingerprint density at radius 3 is 2.62 bits per heavy atom. The van der Waals surface area contributed by atoms with E-state index in [0.717, 1.165) is 5.56 Å². The highest BCUT2D eigenvalue weighted by molar-refractivity contribution is 5.91. The number of fused-ring (bicyclic) bond motifs is 1. The number of aryl methyl sites for hydroxylation is 2. The summed E-state index contributed by atoms with van der Waals surface area (Å²) in [5, 5.41) is 10.6. The topological polar surface area (TPSA) is 59.7 Å². The third kappa shape index (κ3) is 1.43. The smallest absolute Gasteiger partial charge is 0.347 e. The molecule has 84 valence electrons. The Bertz CT molecular complexity index is 610. The number of hydrogen-bond acceptors (Lipinski definition) is 4. The maximum Gasteiger partial charge on any atom is 0.347 e. The van der Waals surface area contributed by atoms with Crippen LogP contribution in [0.3, 0.4) is 0 Å². The van der Waals surface area contributed by atoms with Gasteiger partial charge in [-0.3, -0.25) is 0 Å². The Kier molecular flexibility index (Phi) is 2.34. The van der Waals surface area contributed by atoms with Crippen molar-refractivity contribution in [1.29, 1.82) is 0 Å². The highest BCUT2D eigenvalue weighted by Crippen LogP contribution is 2.30. The van der Waals surface area contributed by atoms with E-state index in [1.165, 1.54) is 13.2 Å². The van der Waals surface area contributed by atoms with Gasteiger partial charge in [0, 0.05) is 11.5 Å². The molecule has 4 heteroatoms. The van der Waals surface area contributed by atoms with Crippen molar-refractivity contribution in [2.24, 2.45) is 0 Å². The molecule has 0 radical (unpaired) electrons. The number of ether oxygens (including phenoxy) is 1. The van der Waals surface area contributed by atoms with E-state index in [9.17, 15) is 9.90 Å². The summed E-state index contributed by atoms with van der Waals surface area (Å²) in [7, 11) is 1.51. The maximum absolute atomic E-state index is 11.6. The minimum Gasteiger partial charge on any atom is -0.507 e.